The number of carbonyl (C=O) groups is 1. The van der Waals surface area contributed by atoms with Crippen LogP contribution < -0.4 is 10.5 Å². The summed E-state index contributed by atoms with van der Waals surface area (Å²) in [5, 5.41) is 4.45. The minimum atomic E-state index is -0.509. The van der Waals surface area contributed by atoms with Gasteiger partial charge in [-0.3, -0.25) is 4.79 Å². The van der Waals surface area contributed by atoms with Crippen LogP contribution in [0.2, 0.25) is 0 Å². The summed E-state index contributed by atoms with van der Waals surface area (Å²) in [6, 6.07) is 18.6. The first-order chi connectivity index (χ1) is 10.7. The van der Waals surface area contributed by atoms with Crippen molar-refractivity contribution in [1.29, 1.82) is 0 Å². The number of nitrogens with zero attached hydrogens (tertiary/aromatic N) is 2. The summed E-state index contributed by atoms with van der Waals surface area (Å²) >= 11 is 0. The Kier molecular flexibility index (Phi) is 3.87. The summed E-state index contributed by atoms with van der Waals surface area (Å²) in [7, 11) is 0. The molecular formula is C17H15N3O2. The van der Waals surface area contributed by atoms with Crippen molar-refractivity contribution in [3.8, 4) is 11.4 Å². The molecule has 1 amide bonds. The summed E-state index contributed by atoms with van der Waals surface area (Å²) in [5.74, 6) is -0.0466. The van der Waals surface area contributed by atoms with Gasteiger partial charge in [-0.25, -0.2) is 4.68 Å². The number of benzene rings is 2. The fourth-order valence-electron chi connectivity index (χ4n) is 2.11. The monoisotopic (exact) mass is 293 g/mol. The number of amides is 1. The number of carbonyl (C=O) groups excluding carboxylic acids is 1. The van der Waals surface area contributed by atoms with E-state index >= 15 is 0 Å². The van der Waals surface area contributed by atoms with Crippen LogP contribution in [0.15, 0.2) is 66.9 Å². The predicted octanol–water partition coefficient (Wildman–Crippen LogP) is 2.55. The van der Waals surface area contributed by atoms with E-state index in [4.69, 9.17) is 10.5 Å². The van der Waals surface area contributed by atoms with Crippen molar-refractivity contribution < 1.29 is 9.53 Å². The molecule has 0 fully saturated rings. The highest BCUT2D eigenvalue weighted by Gasteiger charge is 2.09. The van der Waals surface area contributed by atoms with Crippen molar-refractivity contribution in [3.05, 3.63) is 78.1 Å². The molecule has 3 rings (SSSR count). The molecule has 0 aliphatic rings. The lowest BCUT2D eigenvalue weighted by molar-refractivity contribution is 0.0996. The Morgan fingerprint density at radius 1 is 1.05 bits per heavy atom. The third-order valence-electron chi connectivity index (χ3n) is 3.19. The van der Waals surface area contributed by atoms with Crippen LogP contribution in [-0.4, -0.2) is 15.7 Å². The highest BCUT2D eigenvalue weighted by atomic mass is 16.5. The predicted molar refractivity (Wildman–Crippen MR) is 82.9 cm³/mol. The molecule has 2 N–H and O–H groups in total. The number of aromatic nitrogens is 2. The lowest BCUT2D eigenvalue weighted by atomic mass is 10.2. The Morgan fingerprint density at radius 2 is 1.77 bits per heavy atom. The molecule has 2 aromatic carbocycles. The Bertz CT molecular complexity index is 781. The molecule has 5 nitrogen and oxygen atoms in total. The zero-order chi connectivity index (χ0) is 15.4. The van der Waals surface area contributed by atoms with Crippen LogP contribution in [0.25, 0.3) is 5.69 Å². The molecule has 0 unspecified atom stereocenters. The van der Waals surface area contributed by atoms with Gasteiger partial charge in [-0.05, 0) is 30.3 Å². The number of nitrogens with two attached hydrogens (primary N) is 1. The second-order valence-electron chi connectivity index (χ2n) is 4.74. The maximum atomic E-state index is 11.3. The van der Waals surface area contributed by atoms with Gasteiger partial charge >= 0.3 is 0 Å². The van der Waals surface area contributed by atoms with Crippen LogP contribution in [0, 0.1) is 0 Å². The maximum Gasteiger partial charge on any atom is 0.252 e. The standard InChI is InChI=1S/C17H15N3O2/c18-17(21)15-8-4-5-9-16(15)22-12-13-10-11-20(19-13)14-6-2-1-3-7-14/h1-11H,12H2,(H2,18,21). The molecule has 0 bridgehead atoms. The molecule has 0 radical (unpaired) electrons. The summed E-state index contributed by atoms with van der Waals surface area (Å²) in [5.41, 5.74) is 7.44. The Morgan fingerprint density at radius 3 is 2.55 bits per heavy atom. The zero-order valence-corrected chi connectivity index (χ0v) is 11.8. The van der Waals surface area contributed by atoms with Crippen molar-refractivity contribution in [2.75, 3.05) is 0 Å². The van der Waals surface area contributed by atoms with E-state index in [9.17, 15) is 4.79 Å². The van der Waals surface area contributed by atoms with Gasteiger partial charge in [0, 0.05) is 6.20 Å². The summed E-state index contributed by atoms with van der Waals surface area (Å²) in [4.78, 5) is 11.3. The fourth-order valence-corrected chi connectivity index (χ4v) is 2.11. The van der Waals surface area contributed by atoms with Crippen LogP contribution in [-0.2, 0) is 6.61 Å². The van der Waals surface area contributed by atoms with Gasteiger partial charge < -0.3 is 10.5 Å². The third-order valence-corrected chi connectivity index (χ3v) is 3.19. The molecule has 1 heterocycles. The zero-order valence-electron chi connectivity index (χ0n) is 11.8. The smallest absolute Gasteiger partial charge is 0.252 e. The van der Waals surface area contributed by atoms with Gasteiger partial charge in [0.05, 0.1) is 11.3 Å². The summed E-state index contributed by atoms with van der Waals surface area (Å²) in [6.07, 6.45) is 1.87. The van der Waals surface area contributed by atoms with E-state index in [1.54, 1.807) is 28.9 Å². The first-order valence-corrected chi connectivity index (χ1v) is 6.85. The molecule has 0 saturated carbocycles. The third kappa shape index (κ3) is 2.98. The minimum Gasteiger partial charge on any atom is -0.486 e. The van der Waals surface area contributed by atoms with Gasteiger partial charge in [-0.2, -0.15) is 5.10 Å². The van der Waals surface area contributed by atoms with E-state index in [1.165, 1.54) is 0 Å². The Hall–Kier alpha value is -3.08. The number of primary amides is 1. The highest BCUT2D eigenvalue weighted by Crippen LogP contribution is 2.18. The van der Waals surface area contributed by atoms with Crippen LogP contribution in [0.1, 0.15) is 16.1 Å². The lowest BCUT2D eigenvalue weighted by Gasteiger charge is -2.07. The van der Waals surface area contributed by atoms with Crippen LogP contribution in [0.5, 0.6) is 5.75 Å². The molecule has 0 aliphatic carbocycles. The van der Waals surface area contributed by atoms with Gasteiger partial charge in [0.25, 0.3) is 5.91 Å². The van der Waals surface area contributed by atoms with Crippen molar-refractivity contribution >= 4 is 5.91 Å². The summed E-state index contributed by atoms with van der Waals surface area (Å²) < 4.78 is 7.43. The second kappa shape index (κ2) is 6.13. The SMILES string of the molecule is NC(=O)c1ccccc1OCc1ccn(-c2ccccc2)n1. The average molecular weight is 293 g/mol. The van der Waals surface area contributed by atoms with Gasteiger partial charge in [-0.1, -0.05) is 30.3 Å². The number of para-hydroxylation sites is 2. The van der Waals surface area contributed by atoms with Crippen LogP contribution in [0.4, 0.5) is 0 Å². The molecule has 0 atom stereocenters. The number of ether oxygens (including phenoxy) is 1. The van der Waals surface area contributed by atoms with E-state index < -0.39 is 5.91 Å². The van der Waals surface area contributed by atoms with Crippen molar-refractivity contribution in [3.63, 3.8) is 0 Å². The van der Waals surface area contributed by atoms with Gasteiger partial charge in [0.15, 0.2) is 0 Å². The molecule has 0 saturated heterocycles. The van der Waals surface area contributed by atoms with E-state index in [2.05, 4.69) is 5.10 Å². The van der Waals surface area contributed by atoms with Gasteiger partial charge in [-0.15, -0.1) is 0 Å². The van der Waals surface area contributed by atoms with Gasteiger partial charge in [0.2, 0.25) is 0 Å². The normalized spacial score (nSPS) is 10.4. The second-order valence-corrected chi connectivity index (χ2v) is 4.74. The molecule has 1 aromatic heterocycles. The summed E-state index contributed by atoms with van der Waals surface area (Å²) in [6.45, 7) is 0.268. The van der Waals surface area contributed by atoms with E-state index in [0.717, 1.165) is 11.4 Å². The van der Waals surface area contributed by atoms with E-state index in [-0.39, 0.29) is 6.61 Å². The number of hydrogen-bond donors (Lipinski definition) is 1. The maximum absolute atomic E-state index is 11.3. The molecule has 0 aliphatic heterocycles. The molecular weight excluding hydrogens is 278 g/mol. The molecule has 110 valence electrons. The topological polar surface area (TPSA) is 70.1 Å². The van der Waals surface area contributed by atoms with E-state index in [0.29, 0.717) is 11.3 Å². The molecule has 22 heavy (non-hydrogen) atoms. The quantitative estimate of drug-likeness (QED) is 0.786. The first kappa shape index (κ1) is 13.9. The number of hydrogen-bond acceptors (Lipinski definition) is 3. The highest BCUT2D eigenvalue weighted by molar-refractivity contribution is 5.95. The number of rotatable bonds is 5. The Labute approximate surface area is 127 Å². The average Bonchev–Trinajstić information content (AvgIpc) is 3.03. The van der Waals surface area contributed by atoms with E-state index in [1.807, 2.05) is 42.6 Å². The molecule has 0 spiro atoms. The minimum absolute atomic E-state index is 0.268. The van der Waals surface area contributed by atoms with Crippen LogP contribution >= 0.6 is 0 Å². The first-order valence-electron chi connectivity index (χ1n) is 6.85. The molecule has 3 aromatic rings. The molecule has 5 heteroatoms. The van der Waals surface area contributed by atoms with Crippen molar-refractivity contribution in [2.24, 2.45) is 5.73 Å². The largest absolute Gasteiger partial charge is 0.486 e. The van der Waals surface area contributed by atoms with Crippen molar-refractivity contribution in [1.82, 2.24) is 9.78 Å². The van der Waals surface area contributed by atoms with Crippen molar-refractivity contribution in [2.45, 2.75) is 6.61 Å². The lowest BCUT2D eigenvalue weighted by Crippen LogP contribution is -2.13. The fraction of sp³-hybridized carbons (Fsp3) is 0.0588. The Balaban J connectivity index is 1.73. The van der Waals surface area contributed by atoms with Crippen LogP contribution in [0.3, 0.4) is 0 Å². The van der Waals surface area contributed by atoms with Gasteiger partial charge in [0.1, 0.15) is 18.1 Å².